The van der Waals surface area contributed by atoms with E-state index < -0.39 is 5.97 Å². The predicted octanol–water partition coefficient (Wildman–Crippen LogP) is 1.58. The molecule has 0 bridgehead atoms. The SMILES string of the molecule is Cl.NCc1ccc(CCC(=O)O)cc1. The van der Waals surface area contributed by atoms with Crippen LogP contribution in [0.1, 0.15) is 17.5 Å². The number of aliphatic carboxylic acids is 1. The van der Waals surface area contributed by atoms with Gasteiger partial charge in [0.25, 0.3) is 0 Å². The van der Waals surface area contributed by atoms with E-state index in [1.165, 1.54) is 0 Å². The molecule has 14 heavy (non-hydrogen) atoms. The standard InChI is InChI=1S/C10H13NO2.ClH/c11-7-9-3-1-8(2-4-9)5-6-10(12)13;/h1-4H,5-7,11H2,(H,12,13);1H. The number of rotatable bonds is 4. The van der Waals surface area contributed by atoms with Crippen LogP contribution in [0.15, 0.2) is 24.3 Å². The van der Waals surface area contributed by atoms with Crippen molar-refractivity contribution in [3.8, 4) is 0 Å². The third-order valence-electron chi connectivity index (χ3n) is 1.89. The van der Waals surface area contributed by atoms with Gasteiger partial charge in [-0.15, -0.1) is 12.4 Å². The van der Waals surface area contributed by atoms with Crippen molar-refractivity contribution < 1.29 is 9.90 Å². The third-order valence-corrected chi connectivity index (χ3v) is 1.89. The van der Waals surface area contributed by atoms with Gasteiger partial charge >= 0.3 is 5.97 Å². The van der Waals surface area contributed by atoms with E-state index in [0.717, 1.165) is 11.1 Å². The summed E-state index contributed by atoms with van der Waals surface area (Å²) in [4.78, 5) is 10.3. The van der Waals surface area contributed by atoms with Gasteiger partial charge < -0.3 is 10.8 Å². The highest BCUT2D eigenvalue weighted by Gasteiger charge is 1.98. The van der Waals surface area contributed by atoms with Gasteiger partial charge in [-0.1, -0.05) is 24.3 Å². The fraction of sp³-hybridized carbons (Fsp3) is 0.300. The smallest absolute Gasteiger partial charge is 0.303 e. The summed E-state index contributed by atoms with van der Waals surface area (Å²) < 4.78 is 0. The predicted molar refractivity (Wildman–Crippen MR) is 57.5 cm³/mol. The van der Waals surface area contributed by atoms with Gasteiger partial charge in [0.2, 0.25) is 0 Å². The molecule has 0 aliphatic heterocycles. The van der Waals surface area contributed by atoms with Crippen LogP contribution in [0.4, 0.5) is 0 Å². The highest BCUT2D eigenvalue weighted by Crippen LogP contribution is 2.05. The molecular weight excluding hydrogens is 202 g/mol. The molecule has 0 aliphatic carbocycles. The Hall–Kier alpha value is -1.06. The minimum absolute atomic E-state index is 0. The Bertz CT molecular complexity index is 285. The molecule has 0 saturated carbocycles. The molecule has 1 aromatic carbocycles. The second kappa shape index (κ2) is 6.40. The van der Waals surface area contributed by atoms with E-state index in [0.29, 0.717) is 13.0 Å². The number of hydrogen-bond acceptors (Lipinski definition) is 2. The quantitative estimate of drug-likeness (QED) is 0.802. The Labute approximate surface area is 89.3 Å². The minimum atomic E-state index is -0.761. The van der Waals surface area contributed by atoms with Gasteiger partial charge in [-0.2, -0.15) is 0 Å². The molecule has 3 N–H and O–H groups in total. The van der Waals surface area contributed by atoms with Gasteiger partial charge in [0.15, 0.2) is 0 Å². The number of halogens is 1. The van der Waals surface area contributed by atoms with Gasteiger partial charge in [0, 0.05) is 13.0 Å². The number of carboxylic acids is 1. The Morgan fingerprint density at radius 2 is 1.71 bits per heavy atom. The van der Waals surface area contributed by atoms with Crippen LogP contribution in [-0.4, -0.2) is 11.1 Å². The number of carboxylic acid groups (broad SMARTS) is 1. The molecule has 0 atom stereocenters. The lowest BCUT2D eigenvalue weighted by atomic mass is 10.1. The zero-order chi connectivity index (χ0) is 9.68. The Balaban J connectivity index is 0.00000169. The van der Waals surface area contributed by atoms with Crippen LogP contribution in [0.5, 0.6) is 0 Å². The molecule has 0 aliphatic rings. The van der Waals surface area contributed by atoms with E-state index in [-0.39, 0.29) is 18.8 Å². The van der Waals surface area contributed by atoms with Crippen molar-refractivity contribution in [1.29, 1.82) is 0 Å². The van der Waals surface area contributed by atoms with E-state index in [1.54, 1.807) is 0 Å². The second-order valence-corrected chi connectivity index (χ2v) is 2.91. The molecule has 4 heteroatoms. The number of aryl methyl sites for hydroxylation is 1. The summed E-state index contributed by atoms with van der Waals surface area (Å²) in [5, 5.41) is 8.46. The zero-order valence-corrected chi connectivity index (χ0v) is 8.59. The van der Waals surface area contributed by atoms with Crippen LogP contribution >= 0.6 is 12.4 Å². The molecule has 0 heterocycles. The number of hydrogen-bond donors (Lipinski definition) is 2. The van der Waals surface area contributed by atoms with Gasteiger partial charge in [-0.3, -0.25) is 4.79 Å². The van der Waals surface area contributed by atoms with Crippen LogP contribution in [-0.2, 0) is 17.8 Å². The average molecular weight is 216 g/mol. The lowest BCUT2D eigenvalue weighted by Gasteiger charge is -2.00. The van der Waals surface area contributed by atoms with Gasteiger partial charge in [-0.25, -0.2) is 0 Å². The lowest BCUT2D eigenvalue weighted by molar-refractivity contribution is -0.136. The molecular formula is C10H14ClNO2. The second-order valence-electron chi connectivity index (χ2n) is 2.91. The van der Waals surface area contributed by atoms with Crippen LogP contribution in [0.3, 0.4) is 0 Å². The summed E-state index contributed by atoms with van der Waals surface area (Å²) >= 11 is 0. The first kappa shape index (κ1) is 12.9. The van der Waals surface area contributed by atoms with E-state index >= 15 is 0 Å². The topological polar surface area (TPSA) is 63.3 Å². The molecule has 78 valence electrons. The monoisotopic (exact) mass is 215 g/mol. The maximum absolute atomic E-state index is 10.3. The molecule has 0 aromatic heterocycles. The van der Waals surface area contributed by atoms with Gasteiger partial charge in [0.1, 0.15) is 0 Å². The van der Waals surface area contributed by atoms with Crippen molar-refractivity contribution in [2.24, 2.45) is 5.73 Å². The van der Waals surface area contributed by atoms with Crippen LogP contribution in [0, 0.1) is 0 Å². The molecule has 1 aromatic rings. The highest BCUT2D eigenvalue weighted by atomic mass is 35.5. The summed E-state index contributed by atoms with van der Waals surface area (Å²) in [7, 11) is 0. The highest BCUT2D eigenvalue weighted by molar-refractivity contribution is 5.85. The molecule has 1 rings (SSSR count). The van der Waals surface area contributed by atoms with Crippen LogP contribution in [0.25, 0.3) is 0 Å². The van der Waals surface area contributed by atoms with Crippen molar-refractivity contribution in [3.63, 3.8) is 0 Å². The fourth-order valence-corrected chi connectivity index (χ4v) is 1.09. The van der Waals surface area contributed by atoms with E-state index in [9.17, 15) is 4.79 Å². The van der Waals surface area contributed by atoms with Gasteiger partial charge in [-0.05, 0) is 17.5 Å². The molecule has 0 spiro atoms. The maximum atomic E-state index is 10.3. The lowest BCUT2D eigenvalue weighted by Crippen LogP contribution is -1.99. The van der Waals surface area contributed by atoms with Crippen molar-refractivity contribution in [3.05, 3.63) is 35.4 Å². The molecule has 0 radical (unpaired) electrons. The molecule has 0 saturated heterocycles. The van der Waals surface area contributed by atoms with E-state index in [2.05, 4.69) is 0 Å². The summed E-state index contributed by atoms with van der Waals surface area (Å²) in [5.41, 5.74) is 7.54. The zero-order valence-electron chi connectivity index (χ0n) is 7.77. The number of benzene rings is 1. The molecule has 3 nitrogen and oxygen atoms in total. The Morgan fingerprint density at radius 1 is 1.21 bits per heavy atom. The van der Waals surface area contributed by atoms with Crippen molar-refractivity contribution in [2.75, 3.05) is 0 Å². The Morgan fingerprint density at radius 3 is 2.14 bits per heavy atom. The fourth-order valence-electron chi connectivity index (χ4n) is 1.09. The molecule has 0 amide bonds. The number of carbonyl (C=O) groups is 1. The van der Waals surface area contributed by atoms with Crippen molar-refractivity contribution in [2.45, 2.75) is 19.4 Å². The molecule has 0 fully saturated rings. The van der Waals surface area contributed by atoms with Crippen LogP contribution in [0.2, 0.25) is 0 Å². The van der Waals surface area contributed by atoms with Crippen molar-refractivity contribution >= 4 is 18.4 Å². The van der Waals surface area contributed by atoms with Gasteiger partial charge in [0.05, 0.1) is 0 Å². The summed E-state index contributed by atoms with van der Waals surface area (Å²) in [6.07, 6.45) is 0.766. The minimum Gasteiger partial charge on any atom is -0.481 e. The third kappa shape index (κ3) is 4.25. The summed E-state index contributed by atoms with van der Waals surface area (Å²) in [6.45, 7) is 0.527. The largest absolute Gasteiger partial charge is 0.481 e. The van der Waals surface area contributed by atoms with Crippen LogP contribution < -0.4 is 5.73 Å². The first-order valence-corrected chi connectivity index (χ1v) is 4.22. The first-order chi connectivity index (χ1) is 6.22. The molecule has 0 unspecified atom stereocenters. The summed E-state index contributed by atoms with van der Waals surface area (Å²) in [5.74, 6) is -0.761. The number of nitrogens with two attached hydrogens (primary N) is 1. The summed E-state index contributed by atoms with van der Waals surface area (Å²) in [6, 6.07) is 7.70. The van der Waals surface area contributed by atoms with E-state index in [1.807, 2.05) is 24.3 Å². The van der Waals surface area contributed by atoms with E-state index in [4.69, 9.17) is 10.8 Å². The first-order valence-electron chi connectivity index (χ1n) is 4.22. The maximum Gasteiger partial charge on any atom is 0.303 e. The average Bonchev–Trinajstić information content (AvgIpc) is 2.15. The Kier molecular flexibility index (Phi) is 5.92. The normalized spacial score (nSPS) is 9.21. The van der Waals surface area contributed by atoms with Crippen molar-refractivity contribution in [1.82, 2.24) is 0 Å².